The van der Waals surface area contributed by atoms with Crippen molar-refractivity contribution in [3.63, 3.8) is 0 Å². The zero-order valence-electron chi connectivity index (χ0n) is 10.2. The van der Waals surface area contributed by atoms with E-state index in [0.717, 1.165) is 39.0 Å². The second kappa shape index (κ2) is 5.15. The monoisotopic (exact) mass is 226 g/mol. The van der Waals surface area contributed by atoms with Crippen molar-refractivity contribution in [2.45, 2.75) is 25.9 Å². The average molecular weight is 226 g/mol. The number of piperidine rings is 1. The van der Waals surface area contributed by atoms with E-state index in [9.17, 15) is 4.79 Å². The summed E-state index contributed by atoms with van der Waals surface area (Å²) in [4.78, 5) is 14.2. The average Bonchev–Trinajstić information content (AvgIpc) is 2.68. The molecule has 0 aromatic heterocycles. The predicted octanol–water partition coefficient (Wildman–Crippen LogP) is 0.479. The summed E-state index contributed by atoms with van der Waals surface area (Å²) in [7, 11) is 2.11. The van der Waals surface area contributed by atoms with Crippen LogP contribution in [0.2, 0.25) is 0 Å². The Morgan fingerprint density at radius 1 is 1.31 bits per heavy atom. The van der Waals surface area contributed by atoms with Crippen LogP contribution in [0.5, 0.6) is 0 Å². The van der Waals surface area contributed by atoms with Gasteiger partial charge in [0.25, 0.3) is 0 Å². The topological polar surface area (TPSA) is 41.6 Å². The Bertz CT molecular complexity index is 249. The molecule has 0 bridgehead atoms. The highest BCUT2D eigenvalue weighted by atomic mass is 16.5. The van der Waals surface area contributed by atoms with E-state index in [1.165, 1.54) is 0 Å². The van der Waals surface area contributed by atoms with Gasteiger partial charge in [-0.15, -0.1) is 0 Å². The predicted molar refractivity (Wildman–Crippen MR) is 62.1 cm³/mol. The fourth-order valence-electron chi connectivity index (χ4n) is 2.48. The SMILES string of the molecule is C[C@@H]1CNC[C@H]1C(=O)OC1CCN(C)CC1. The third-order valence-corrected chi connectivity index (χ3v) is 3.77. The Kier molecular flexibility index (Phi) is 3.82. The Hall–Kier alpha value is -0.610. The normalized spacial score (nSPS) is 32.9. The second-order valence-electron chi connectivity index (χ2n) is 5.18. The van der Waals surface area contributed by atoms with Crippen LogP contribution in [0.3, 0.4) is 0 Å². The van der Waals surface area contributed by atoms with Crippen molar-refractivity contribution in [1.82, 2.24) is 10.2 Å². The molecule has 0 aromatic rings. The number of nitrogens with one attached hydrogen (secondary N) is 1. The lowest BCUT2D eigenvalue weighted by Gasteiger charge is -2.29. The number of likely N-dealkylation sites (tertiary alicyclic amines) is 1. The standard InChI is InChI=1S/C12H22N2O2/c1-9-7-13-8-11(9)12(15)16-10-3-5-14(2)6-4-10/h9-11,13H,3-8H2,1-2H3/t9-,11-/m1/s1. The Balaban J connectivity index is 1.78. The molecular formula is C12H22N2O2. The highest BCUT2D eigenvalue weighted by Gasteiger charge is 2.32. The number of rotatable bonds is 2. The van der Waals surface area contributed by atoms with E-state index in [2.05, 4.69) is 24.2 Å². The molecule has 2 atom stereocenters. The minimum absolute atomic E-state index is 0.00653. The molecule has 0 spiro atoms. The molecule has 0 radical (unpaired) electrons. The van der Waals surface area contributed by atoms with Gasteiger partial charge in [-0.25, -0.2) is 0 Å². The van der Waals surface area contributed by atoms with Gasteiger partial charge in [0, 0.05) is 19.6 Å². The van der Waals surface area contributed by atoms with E-state index in [-0.39, 0.29) is 18.0 Å². The van der Waals surface area contributed by atoms with E-state index in [0.29, 0.717) is 5.92 Å². The molecule has 2 aliphatic heterocycles. The number of ether oxygens (including phenoxy) is 1. The summed E-state index contributed by atoms with van der Waals surface area (Å²) in [5.41, 5.74) is 0. The number of carbonyl (C=O) groups excluding carboxylic acids is 1. The smallest absolute Gasteiger partial charge is 0.310 e. The quantitative estimate of drug-likeness (QED) is 0.695. The molecule has 1 N–H and O–H groups in total. The van der Waals surface area contributed by atoms with Gasteiger partial charge in [0.1, 0.15) is 6.10 Å². The van der Waals surface area contributed by atoms with Crippen LogP contribution >= 0.6 is 0 Å². The summed E-state index contributed by atoms with van der Waals surface area (Å²) >= 11 is 0. The van der Waals surface area contributed by atoms with Crippen LogP contribution in [0.4, 0.5) is 0 Å². The lowest BCUT2D eigenvalue weighted by molar-refractivity contribution is -0.156. The van der Waals surface area contributed by atoms with E-state index in [1.807, 2.05) is 0 Å². The van der Waals surface area contributed by atoms with Gasteiger partial charge in [-0.05, 0) is 32.4 Å². The molecule has 2 aliphatic rings. The molecule has 16 heavy (non-hydrogen) atoms. The highest BCUT2D eigenvalue weighted by molar-refractivity contribution is 5.73. The maximum atomic E-state index is 11.9. The molecular weight excluding hydrogens is 204 g/mol. The molecule has 4 heteroatoms. The minimum Gasteiger partial charge on any atom is -0.462 e. The lowest BCUT2D eigenvalue weighted by atomic mass is 9.98. The molecule has 4 nitrogen and oxygen atoms in total. The molecule has 2 saturated heterocycles. The zero-order chi connectivity index (χ0) is 11.5. The summed E-state index contributed by atoms with van der Waals surface area (Å²) in [6.45, 7) is 5.91. The molecule has 0 amide bonds. The van der Waals surface area contributed by atoms with Crippen LogP contribution < -0.4 is 5.32 Å². The van der Waals surface area contributed by atoms with Crippen molar-refractivity contribution in [3.8, 4) is 0 Å². The van der Waals surface area contributed by atoms with Crippen molar-refractivity contribution in [3.05, 3.63) is 0 Å². The van der Waals surface area contributed by atoms with E-state index >= 15 is 0 Å². The second-order valence-corrected chi connectivity index (χ2v) is 5.18. The first kappa shape index (κ1) is 11.9. The third kappa shape index (κ3) is 2.74. The maximum Gasteiger partial charge on any atom is 0.310 e. The van der Waals surface area contributed by atoms with Crippen LogP contribution in [-0.2, 0) is 9.53 Å². The summed E-state index contributed by atoms with van der Waals surface area (Å²) in [5.74, 6) is 0.491. The largest absolute Gasteiger partial charge is 0.462 e. The summed E-state index contributed by atoms with van der Waals surface area (Å²) in [5, 5.41) is 3.24. The number of hydrogen-bond acceptors (Lipinski definition) is 4. The van der Waals surface area contributed by atoms with E-state index in [1.54, 1.807) is 0 Å². The molecule has 2 fully saturated rings. The van der Waals surface area contributed by atoms with Gasteiger partial charge < -0.3 is 15.0 Å². The summed E-state index contributed by atoms with van der Waals surface area (Å²) < 4.78 is 5.59. The van der Waals surface area contributed by atoms with Gasteiger partial charge in [0.2, 0.25) is 0 Å². The van der Waals surface area contributed by atoms with Crippen molar-refractivity contribution in [1.29, 1.82) is 0 Å². The Morgan fingerprint density at radius 2 is 2.00 bits per heavy atom. The van der Waals surface area contributed by atoms with Crippen molar-refractivity contribution in [2.75, 3.05) is 33.2 Å². The van der Waals surface area contributed by atoms with E-state index in [4.69, 9.17) is 4.74 Å². The molecule has 0 unspecified atom stereocenters. The van der Waals surface area contributed by atoms with Crippen molar-refractivity contribution in [2.24, 2.45) is 11.8 Å². The third-order valence-electron chi connectivity index (χ3n) is 3.77. The Morgan fingerprint density at radius 3 is 2.56 bits per heavy atom. The van der Waals surface area contributed by atoms with Gasteiger partial charge in [-0.3, -0.25) is 4.79 Å². The molecule has 0 aliphatic carbocycles. The fourth-order valence-corrected chi connectivity index (χ4v) is 2.48. The Labute approximate surface area is 97.3 Å². The van der Waals surface area contributed by atoms with Gasteiger partial charge in [0.05, 0.1) is 5.92 Å². The van der Waals surface area contributed by atoms with Gasteiger partial charge in [-0.1, -0.05) is 6.92 Å². The first-order valence-corrected chi connectivity index (χ1v) is 6.26. The zero-order valence-corrected chi connectivity index (χ0v) is 10.2. The minimum atomic E-state index is 0.00653. The summed E-state index contributed by atoms with van der Waals surface area (Å²) in [6.07, 6.45) is 2.12. The highest BCUT2D eigenvalue weighted by Crippen LogP contribution is 2.20. The molecule has 2 heterocycles. The van der Waals surface area contributed by atoms with E-state index < -0.39 is 0 Å². The van der Waals surface area contributed by atoms with Crippen LogP contribution in [0.1, 0.15) is 19.8 Å². The van der Waals surface area contributed by atoms with Gasteiger partial charge in [0.15, 0.2) is 0 Å². The molecule has 0 aromatic carbocycles. The number of carbonyl (C=O) groups is 1. The van der Waals surface area contributed by atoms with Gasteiger partial charge in [-0.2, -0.15) is 0 Å². The molecule has 92 valence electrons. The van der Waals surface area contributed by atoms with Crippen molar-refractivity contribution < 1.29 is 9.53 Å². The fraction of sp³-hybridized carbons (Fsp3) is 0.917. The summed E-state index contributed by atoms with van der Waals surface area (Å²) in [6, 6.07) is 0. The first-order valence-electron chi connectivity index (χ1n) is 6.26. The molecule has 0 saturated carbocycles. The number of esters is 1. The number of nitrogens with zero attached hydrogens (tertiary/aromatic N) is 1. The van der Waals surface area contributed by atoms with Crippen LogP contribution in [-0.4, -0.2) is 50.2 Å². The number of hydrogen-bond donors (Lipinski definition) is 1. The van der Waals surface area contributed by atoms with Crippen LogP contribution in [0.15, 0.2) is 0 Å². The van der Waals surface area contributed by atoms with Crippen LogP contribution in [0.25, 0.3) is 0 Å². The maximum absolute atomic E-state index is 11.9. The molecule has 2 rings (SSSR count). The van der Waals surface area contributed by atoms with Crippen LogP contribution in [0, 0.1) is 11.8 Å². The first-order chi connectivity index (χ1) is 7.66. The van der Waals surface area contributed by atoms with Gasteiger partial charge >= 0.3 is 5.97 Å². The lowest BCUT2D eigenvalue weighted by Crippen LogP contribution is -2.37. The van der Waals surface area contributed by atoms with Crippen molar-refractivity contribution >= 4 is 5.97 Å².